The zero-order valence-electron chi connectivity index (χ0n) is 18.5. The molecule has 160 valence electrons. The van der Waals surface area contributed by atoms with Gasteiger partial charge in [0, 0.05) is 11.8 Å². The summed E-state index contributed by atoms with van der Waals surface area (Å²) in [6, 6.07) is 0. The number of hydrogen-bond acceptors (Lipinski definition) is 4. The van der Waals surface area contributed by atoms with Crippen molar-refractivity contribution >= 4 is 11.7 Å². The largest absolute Gasteiger partial charge is 0.509 e. The van der Waals surface area contributed by atoms with Gasteiger partial charge >= 0.3 is 0 Å². The predicted molar refractivity (Wildman–Crippen MR) is 111 cm³/mol. The fourth-order valence-corrected chi connectivity index (χ4v) is 4.26. The second-order valence-electron chi connectivity index (χ2n) is 9.70. The molecule has 1 fully saturated rings. The van der Waals surface area contributed by atoms with Crippen LogP contribution in [0.5, 0.6) is 0 Å². The lowest BCUT2D eigenvalue weighted by atomic mass is 9.92. The maximum Gasteiger partial charge on any atom is 0.263 e. The summed E-state index contributed by atoms with van der Waals surface area (Å²) in [7, 11) is 0. The second kappa shape index (κ2) is 9.43. The van der Waals surface area contributed by atoms with Crippen LogP contribution in [0.1, 0.15) is 98.8 Å². The van der Waals surface area contributed by atoms with Crippen LogP contribution >= 0.6 is 0 Å². The van der Waals surface area contributed by atoms with E-state index in [4.69, 9.17) is 4.74 Å². The van der Waals surface area contributed by atoms with Crippen LogP contribution < -0.4 is 0 Å². The van der Waals surface area contributed by atoms with Crippen LogP contribution in [-0.4, -0.2) is 40.1 Å². The van der Waals surface area contributed by atoms with Gasteiger partial charge in [0.2, 0.25) is 0 Å². The van der Waals surface area contributed by atoms with Gasteiger partial charge in [-0.25, -0.2) is 0 Å². The molecular formula is C23H39NO4. The fourth-order valence-electron chi connectivity index (χ4n) is 4.26. The molecule has 0 aromatic rings. The van der Waals surface area contributed by atoms with Gasteiger partial charge in [-0.05, 0) is 13.3 Å². The molecule has 5 heteroatoms. The number of aliphatic hydroxyl groups excluding tert-OH is 1. The lowest BCUT2D eigenvalue weighted by Gasteiger charge is -2.36. The van der Waals surface area contributed by atoms with Crippen LogP contribution in [0.15, 0.2) is 11.3 Å². The van der Waals surface area contributed by atoms with Gasteiger partial charge in [-0.1, -0.05) is 79.1 Å². The van der Waals surface area contributed by atoms with E-state index in [0.717, 1.165) is 19.3 Å². The van der Waals surface area contributed by atoms with E-state index in [-0.39, 0.29) is 35.0 Å². The topological polar surface area (TPSA) is 66.8 Å². The van der Waals surface area contributed by atoms with Crippen molar-refractivity contribution in [3.63, 3.8) is 0 Å². The first kappa shape index (κ1) is 22.9. The van der Waals surface area contributed by atoms with Crippen LogP contribution in [0, 0.1) is 5.41 Å². The van der Waals surface area contributed by atoms with E-state index >= 15 is 0 Å². The number of ketones is 1. The monoisotopic (exact) mass is 393 g/mol. The van der Waals surface area contributed by atoms with Gasteiger partial charge in [0.15, 0.2) is 5.78 Å². The van der Waals surface area contributed by atoms with Gasteiger partial charge in [-0.2, -0.15) is 0 Å². The minimum Gasteiger partial charge on any atom is -0.509 e. The highest BCUT2D eigenvalue weighted by Crippen LogP contribution is 2.45. The normalized spacial score (nSPS) is 25.0. The Bertz CT molecular complexity index is 604. The predicted octanol–water partition coefficient (Wildman–Crippen LogP) is 5.29. The molecule has 0 bridgehead atoms. The summed E-state index contributed by atoms with van der Waals surface area (Å²) in [5.74, 6) is -0.711. The molecule has 2 aliphatic heterocycles. The molecule has 0 aromatic heterocycles. The van der Waals surface area contributed by atoms with Crippen molar-refractivity contribution in [1.29, 1.82) is 0 Å². The lowest BCUT2D eigenvalue weighted by Crippen LogP contribution is -2.50. The SMILES string of the molecule is CCCCCCCCCCCC(=O)C1=C(O)[C@]2(C)CO[C@@H](C(C)(C)C)N2C1=O. The van der Waals surface area contributed by atoms with Crippen molar-refractivity contribution in [2.45, 2.75) is 111 Å². The summed E-state index contributed by atoms with van der Waals surface area (Å²) in [5.41, 5.74) is -1.22. The van der Waals surface area contributed by atoms with E-state index in [0.29, 0.717) is 6.42 Å². The summed E-state index contributed by atoms with van der Waals surface area (Å²) >= 11 is 0. The van der Waals surface area contributed by atoms with Crippen molar-refractivity contribution in [3.05, 3.63) is 11.3 Å². The van der Waals surface area contributed by atoms with Gasteiger partial charge in [-0.15, -0.1) is 0 Å². The molecule has 28 heavy (non-hydrogen) atoms. The highest BCUT2D eigenvalue weighted by Gasteiger charge is 2.60. The Labute approximate surface area is 170 Å². The molecular weight excluding hydrogens is 354 g/mol. The number of amides is 1. The number of ether oxygens (including phenoxy) is 1. The number of fused-ring (bicyclic) bond motifs is 1. The number of hydrogen-bond donors (Lipinski definition) is 1. The third kappa shape index (κ3) is 4.79. The van der Waals surface area contributed by atoms with E-state index in [2.05, 4.69) is 6.92 Å². The van der Waals surface area contributed by atoms with Crippen molar-refractivity contribution in [2.24, 2.45) is 5.41 Å². The molecule has 0 unspecified atom stereocenters. The molecule has 1 saturated heterocycles. The third-order valence-corrected chi connectivity index (χ3v) is 6.00. The summed E-state index contributed by atoms with van der Waals surface area (Å²) in [6.07, 6.45) is 10.5. The first-order valence-electron chi connectivity index (χ1n) is 11.1. The minimum absolute atomic E-state index is 0.0142. The molecule has 2 rings (SSSR count). The second-order valence-corrected chi connectivity index (χ2v) is 9.70. The quantitative estimate of drug-likeness (QED) is 0.382. The van der Waals surface area contributed by atoms with Gasteiger partial charge in [0.05, 0.1) is 6.61 Å². The van der Waals surface area contributed by atoms with Crippen LogP contribution in [-0.2, 0) is 14.3 Å². The summed E-state index contributed by atoms with van der Waals surface area (Å²) < 4.78 is 5.82. The fraction of sp³-hybridized carbons (Fsp3) is 0.826. The average molecular weight is 394 g/mol. The standard InChI is InChI=1S/C23H39NO4/c1-6-7-8-9-10-11-12-13-14-15-17(25)18-19(26)23(5)16-28-21(22(2,3)4)24(23)20(18)27/h21,26H,6-16H2,1-5H3/t21-,23-/m0/s1. The number of carbonyl (C=O) groups excluding carboxylic acids is 2. The van der Waals surface area contributed by atoms with E-state index in [1.54, 1.807) is 11.8 Å². The van der Waals surface area contributed by atoms with Crippen molar-refractivity contribution in [3.8, 4) is 0 Å². The molecule has 0 aromatic carbocycles. The molecule has 2 aliphatic rings. The Morgan fingerprint density at radius 3 is 2.18 bits per heavy atom. The maximum absolute atomic E-state index is 13.0. The molecule has 2 atom stereocenters. The number of unbranched alkanes of at least 4 members (excludes halogenated alkanes) is 8. The number of Topliss-reactive ketones (excluding diaryl/α,β-unsaturated/α-hetero) is 1. The maximum atomic E-state index is 13.0. The Balaban J connectivity index is 1.84. The third-order valence-electron chi connectivity index (χ3n) is 6.00. The highest BCUT2D eigenvalue weighted by atomic mass is 16.5. The van der Waals surface area contributed by atoms with Gasteiger partial charge in [0.25, 0.3) is 5.91 Å². The molecule has 0 saturated carbocycles. The zero-order valence-corrected chi connectivity index (χ0v) is 18.5. The summed E-state index contributed by atoms with van der Waals surface area (Å²) in [5, 5.41) is 10.7. The number of carbonyl (C=O) groups is 2. The molecule has 0 radical (unpaired) electrons. The van der Waals surface area contributed by atoms with E-state index in [1.165, 1.54) is 38.5 Å². The van der Waals surface area contributed by atoms with Crippen molar-refractivity contribution < 1.29 is 19.4 Å². The van der Waals surface area contributed by atoms with Gasteiger partial charge in [0.1, 0.15) is 23.1 Å². The Morgan fingerprint density at radius 1 is 1.11 bits per heavy atom. The van der Waals surface area contributed by atoms with E-state index < -0.39 is 11.8 Å². The first-order chi connectivity index (χ1) is 13.1. The summed E-state index contributed by atoms with van der Waals surface area (Å²) in [4.78, 5) is 27.2. The molecule has 0 spiro atoms. The number of rotatable bonds is 11. The number of nitrogens with zero attached hydrogens (tertiary/aromatic N) is 1. The lowest BCUT2D eigenvalue weighted by molar-refractivity contribution is -0.140. The smallest absolute Gasteiger partial charge is 0.263 e. The molecule has 1 N–H and O–H groups in total. The average Bonchev–Trinajstić information content (AvgIpc) is 3.07. The Kier molecular flexibility index (Phi) is 7.72. The molecule has 2 heterocycles. The molecule has 5 nitrogen and oxygen atoms in total. The van der Waals surface area contributed by atoms with Gasteiger partial charge in [-0.3, -0.25) is 14.5 Å². The van der Waals surface area contributed by atoms with Crippen LogP contribution in [0.4, 0.5) is 0 Å². The number of aliphatic hydroxyl groups is 1. The highest BCUT2D eigenvalue weighted by molar-refractivity contribution is 6.21. The van der Waals surface area contributed by atoms with Gasteiger partial charge < -0.3 is 9.84 Å². The van der Waals surface area contributed by atoms with Crippen LogP contribution in [0.2, 0.25) is 0 Å². The Hall–Kier alpha value is -1.36. The van der Waals surface area contributed by atoms with E-state index in [1.807, 2.05) is 20.8 Å². The van der Waals surface area contributed by atoms with Crippen molar-refractivity contribution in [2.75, 3.05) is 6.61 Å². The first-order valence-corrected chi connectivity index (χ1v) is 11.1. The Morgan fingerprint density at radius 2 is 1.64 bits per heavy atom. The molecule has 1 amide bonds. The van der Waals surface area contributed by atoms with E-state index in [9.17, 15) is 14.7 Å². The van der Waals surface area contributed by atoms with Crippen LogP contribution in [0.3, 0.4) is 0 Å². The zero-order chi connectivity index (χ0) is 20.9. The molecule has 0 aliphatic carbocycles. The van der Waals surface area contributed by atoms with Crippen LogP contribution in [0.25, 0.3) is 0 Å². The van der Waals surface area contributed by atoms with Crippen molar-refractivity contribution in [1.82, 2.24) is 4.90 Å². The minimum atomic E-state index is -0.918. The summed E-state index contributed by atoms with van der Waals surface area (Å²) in [6.45, 7) is 10.2.